The molecule has 1 fully saturated rings. The highest BCUT2D eigenvalue weighted by atomic mass is 16.5. The largest absolute Gasteiger partial charge is 0.453 e. The first-order valence-corrected chi connectivity index (χ1v) is 6.92. The fraction of sp³-hybridized carbons (Fsp3) is 0.438. The SMILES string of the molecule is O=C(COCCC1CCC1)c1cc2ccccc2o1. The molecule has 1 heterocycles. The van der Waals surface area contributed by atoms with Crippen molar-refractivity contribution in [2.75, 3.05) is 13.2 Å². The van der Waals surface area contributed by atoms with Crippen molar-refractivity contribution >= 4 is 16.8 Å². The third-order valence-electron chi connectivity index (χ3n) is 3.83. The van der Waals surface area contributed by atoms with Gasteiger partial charge in [0, 0.05) is 12.0 Å². The average molecular weight is 258 g/mol. The Bertz CT molecular complexity index is 533. The number of ether oxygens (including phenoxy) is 1. The van der Waals surface area contributed by atoms with Crippen LogP contribution in [0.25, 0.3) is 11.0 Å². The average Bonchev–Trinajstić information content (AvgIpc) is 2.80. The lowest BCUT2D eigenvalue weighted by Gasteiger charge is -2.24. The maximum atomic E-state index is 11.9. The molecule has 100 valence electrons. The molecule has 1 aliphatic rings. The van der Waals surface area contributed by atoms with E-state index in [2.05, 4.69) is 0 Å². The monoisotopic (exact) mass is 258 g/mol. The normalized spacial score (nSPS) is 15.6. The van der Waals surface area contributed by atoms with Gasteiger partial charge in [-0.1, -0.05) is 37.5 Å². The van der Waals surface area contributed by atoms with E-state index in [1.165, 1.54) is 19.3 Å². The third-order valence-corrected chi connectivity index (χ3v) is 3.83. The molecule has 1 aliphatic carbocycles. The maximum absolute atomic E-state index is 11.9. The summed E-state index contributed by atoms with van der Waals surface area (Å²) in [5.41, 5.74) is 0.750. The number of para-hydroxylation sites is 1. The number of ketones is 1. The Labute approximate surface area is 112 Å². The smallest absolute Gasteiger partial charge is 0.223 e. The van der Waals surface area contributed by atoms with Crippen LogP contribution in [0.2, 0.25) is 0 Å². The molecular weight excluding hydrogens is 240 g/mol. The third kappa shape index (κ3) is 2.87. The van der Waals surface area contributed by atoms with Gasteiger partial charge in [0.2, 0.25) is 5.78 Å². The van der Waals surface area contributed by atoms with Crippen molar-refractivity contribution in [2.45, 2.75) is 25.7 Å². The van der Waals surface area contributed by atoms with Gasteiger partial charge < -0.3 is 9.15 Å². The van der Waals surface area contributed by atoms with E-state index in [1.807, 2.05) is 24.3 Å². The van der Waals surface area contributed by atoms with Gasteiger partial charge in [0.25, 0.3) is 0 Å². The van der Waals surface area contributed by atoms with Gasteiger partial charge >= 0.3 is 0 Å². The Kier molecular flexibility index (Phi) is 3.65. The molecule has 0 unspecified atom stereocenters. The molecule has 0 amide bonds. The summed E-state index contributed by atoms with van der Waals surface area (Å²) in [5.74, 6) is 1.14. The van der Waals surface area contributed by atoms with Crippen molar-refractivity contribution < 1.29 is 13.9 Å². The summed E-state index contributed by atoms with van der Waals surface area (Å²) in [7, 11) is 0. The quantitative estimate of drug-likeness (QED) is 0.584. The number of rotatable bonds is 6. The summed E-state index contributed by atoms with van der Waals surface area (Å²) in [5, 5.41) is 0.959. The summed E-state index contributed by atoms with van der Waals surface area (Å²) in [6.45, 7) is 0.795. The Morgan fingerprint density at radius 2 is 2.16 bits per heavy atom. The molecule has 1 aromatic carbocycles. The first kappa shape index (κ1) is 12.4. The number of carbonyl (C=O) groups is 1. The minimum atomic E-state index is -0.0789. The standard InChI is InChI=1S/C16H18O3/c17-14(11-18-9-8-12-4-3-5-12)16-10-13-6-1-2-7-15(13)19-16/h1-2,6-7,10,12H,3-5,8-9,11H2. The van der Waals surface area contributed by atoms with E-state index in [1.54, 1.807) is 6.07 Å². The van der Waals surface area contributed by atoms with E-state index in [4.69, 9.17) is 9.15 Å². The van der Waals surface area contributed by atoms with Gasteiger partial charge in [0.15, 0.2) is 5.76 Å². The second-order valence-electron chi connectivity index (χ2n) is 5.21. The summed E-state index contributed by atoms with van der Waals surface area (Å²) in [4.78, 5) is 11.9. The number of fused-ring (bicyclic) bond motifs is 1. The van der Waals surface area contributed by atoms with E-state index >= 15 is 0 Å². The van der Waals surface area contributed by atoms with Gasteiger partial charge in [-0.3, -0.25) is 4.79 Å². The maximum Gasteiger partial charge on any atom is 0.223 e. The highest BCUT2D eigenvalue weighted by molar-refractivity contribution is 5.98. The first-order chi connectivity index (χ1) is 9.33. The summed E-state index contributed by atoms with van der Waals surface area (Å²) in [6, 6.07) is 9.42. The Morgan fingerprint density at radius 3 is 2.89 bits per heavy atom. The Morgan fingerprint density at radius 1 is 1.32 bits per heavy atom. The minimum absolute atomic E-state index is 0.0789. The zero-order chi connectivity index (χ0) is 13.1. The molecule has 0 radical (unpaired) electrons. The molecule has 1 saturated carbocycles. The van der Waals surface area contributed by atoms with Gasteiger partial charge in [-0.25, -0.2) is 0 Å². The fourth-order valence-corrected chi connectivity index (χ4v) is 2.39. The van der Waals surface area contributed by atoms with Crippen molar-refractivity contribution in [3.63, 3.8) is 0 Å². The molecule has 0 spiro atoms. The van der Waals surface area contributed by atoms with Crippen molar-refractivity contribution in [3.05, 3.63) is 36.1 Å². The zero-order valence-electron chi connectivity index (χ0n) is 10.9. The molecule has 0 N–H and O–H groups in total. The summed E-state index contributed by atoms with van der Waals surface area (Å²) in [6.07, 6.45) is 5.07. The van der Waals surface area contributed by atoms with Crippen molar-refractivity contribution in [1.82, 2.24) is 0 Å². The van der Waals surface area contributed by atoms with Crippen LogP contribution in [-0.4, -0.2) is 19.0 Å². The van der Waals surface area contributed by atoms with Crippen LogP contribution >= 0.6 is 0 Å². The molecule has 1 aromatic heterocycles. The number of carbonyl (C=O) groups excluding carboxylic acids is 1. The van der Waals surface area contributed by atoms with E-state index in [0.29, 0.717) is 12.4 Å². The first-order valence-electron chi connectivity index (χ1n) is 6.92. The lowest BCUT2D eigenvalue weighted by molar-refractivity contribution is 0.0682. The topological polar surface area (TPSA) is 39.4 Å². The van der Waals surface area contributed by atoms with Crippen LogP contribution < -0.4 is 0 Å². The van der Waals surface area contributed by atoms with E-state index in [0.717, 1.165) is 23.3 Å². The van der Waals surface area contributed by atoms with Gasteiger partial charge in [0.1, 0.15) is 12.2 Å². The van der Waals surface area contributed by atoms with Crippen LogP contribution in [0.4, 0.5) is 0 Å². The zero-order valence-corrected chi connectivity index (χ0v) is 10.9. The van der Waals surface area contributed by atoms with Crippen LogP contribution in [0.5, 0.6) is 0 Å². The van der Waals surface area contributed by atoms with E-state index in [9.17, 15) is 4.79 Å². The van der Waals surface area contributed by atoms with Crippen LogP contribution in [-0.2, 0) is 4.74 Å². The van der Waals surface area contributed by atoms with Crippen molar-refractivity contribution in [2.24, 2.45) is 5.92 Å². The number of furan rings is 1. The lowest BCUT2D eigenvalue weighted by Crippen LogP contribution is -2.15. The molecule has 0 saturated heterocycles. The van der Waals surface area contributed by atoms with Crippen LogP contribution in [0.3, 0.4) is 0 Å². The van der Waals surface area contributed by atoms with Crippen molar-refractivity contribution in [1.29, 1.82) is 0 Å². The minimum Gasteiger partial charge on any atom is -0.453 e. The van der Waals surface area contributed by atoms with Gasteiger partial charge in [0.05, 0.1) is 0 Å². The van der Waals surface area contributed by atoms with E-state index < -0.39 is 0 Å². The molecule has 0 atom stereocenters. The summed E-state index contributed by atoms with van der Waals surface area (Å²) >= 11 is 0. The van der Waals surface area contributed by atoms with Gasteiger partial charge in [-0.05, 0) is 24.5 Å². The fourth-order valence-electron chi connectivity index (χ4n) is 2.39. The van der Waals surface area contributed by atoms with Crippen LogP contribution in [0.15, 0.2) is 34.7 Å². The Hall–Kier alpha value is -1.61. The predicted octanol–water partition coefficient (Wildman–Crippen LogP) is 3.82. The van der Waals surface area contributed by atoms with Crippen LogP contribution in [0.1, 0.15) is 36.2 Å². The second kappa shape index (κ2) is 5.57. The van der Waals surface area contributed by atoms with E-state index in [-0.39, 0.29) is 12.4 Å². The Balaban J connectivity index is 1.51. The highest BCUT2D eigenvalue weighted by Crippen LogP contribution is 2.29. The summed E-state index contributed by atoms with van der Waals surface area (Å²) < 4.78 is 11.0. The highest BCUT2D eigenvalue weighted by Gasteiger charge is 2.17. The molecular formula is C16H18O3. The number of hydrogen-bond acceptors (Lipinski definition) is 3. The molecule has 19 heavy (non-hydrogen) atoms. The number of hydrogen-bond donors (Lipinski definition) is 0. The van der Waals surface area contributed by atoms with Crippen molar-refractivity contribution in [3.8, 4) is 0 Å². The molecule has 3 heteroatoms. The molecule has 2 aromatic rings. The van der Waals surface area contributed by atoms with Gasteiger partial charge in [-0.2, -0.15) is 0 Å². The number of benzene rings is 1. The van der Waals surface area contributed by atoms with Crippen LogP contribution in [0, 0.1) is 5.92 Å². The molecule has 3 rings (SSSR count). The molecule has 0 bridgehead atoms. The molecule has 0 aliphatic heterocycles. The molecule has 3 nitrogen and oxygen atoms in total. The van der Waals surface area contributed by atoms with Gasteiger partial charge in [-0.15, -0.1) is 0 Å². The lowest BCUT2D eigenvalue weighted by atomic mass is 9.83. The predicted molar refractivity (Wildman–Crippen MR) is 73.3 cm³/mol. The number of Topliss-reactive ketones (excluding diaryl/α,β-unsaturated/α-hetero) is 1. The second-order valence-corrected chi connectivity index (χ2v) is 5.21.